The molecule has 0 fully saturated rings. The van der Waals surface area contributed by atoms with Gasteiger partial charge in [0.2, 0.25) is 17.4 Å². The van der Waals surface area contributed by atoms with E-state index in [1.807, 2.05) is 0 Å². The van der Waals surface area contributed by atoms with Gasteiger partial charge in [0.25, 0.3) is 5.91 Å². The van der Waals surface area contributed by atoms with Gasteiger partial charge in [-0.1, -0.05) is 35.3 Å². The van der Waals surface area contributed by atoms with Crippen LogP contribution in [0.5, 0.6) is 5.75 Å². The zero-order valence-electron chi connectivity index (χ0n) is 17.9. The number of carbonyl (C=O) groups excluding carboxylic acids is 3. The van der Waals surface area contributed by atoms with Crippen molar-refractivity contribution >= 4 is 58.0 Å². The number of ketones is 2. The molecule has 0 aliphatic carbocycles. The smallest absolute Gasteiger partial charge is 0.255 e. The molecule has 35 heavy (non-hydrogen) atoms. The molecule has 2 aromatic carbocycles. The van der Waals surface area contributed by atoms with Crippen molar-refractivity contribution in [2.75, 3.05) is 11.6 Å². The molecule has 8 nitrogen and oxygen atoms in total. The minimum Gasteiger partial charge on any atom is -0.436 e. The first-order valence-electron chi connectivity index (χ1n) is 10.3. The first-order chi connectivity index (χ1) is 16.7. The summed E-state index contributed by atoms with van der Waals surface area (Å²) in [5.74, 6) is -1.63. The van der Waals surface area contributed by atoms with Gasteiger partial charge in [0, 0.05) is 11.6 Å². The predicted molar refractivity (Wildman–Crippen MR) is 127 cm³/mol. The van der Waals surface area contributed by atoms with E-state index in [-0.39, 0.29) is 45.5 Å². The molecule has 2 aromatic rings. The van der Waals surface area contributed by atoms with Crippen molar-refractivity contribution < 1.29 is 23.5 Å². The van der Waals surface area contributed by atoms with Gasteiger partial charge < -0.3 is 4.74 Å². The Morgan fingerprint density at radius 1 is 1.06 bits per heavy atom. The lowest BCUT2D eigenvalue weighted by Crippen LogP contribution is -2.36. The second-order valence-electron chi connectivity index (χ2n) is 7.58. The number of anilines is 1. The van der Waals surface area contributed by atoms with Gasteiger partial charge >= 0.3 is 0 Å². The molecular formula is C24H15Cl2FN4O4. The van der Waals surface area contributed by atoms with Crippen LogP contribution in [-0.4, -0.2) is 35.6 Å². The molecule has 11 heteroatoms. The van der Waals surface area contributed by atoms with Crippen LogP contribution in [0.25, 0.3) is 0 Å². The van der Waals surface area contributed by atoms with Crippen molar-refractivity contribution in [2.45, 2.75) is 19.3 Å². The molecule has 2 heterocycles. The van der Waals surface area contributed by atoms with E-state index in [1.165, 1.54) is 30.3 Å². The van der Waals surface area contributed by atoms with Crippen molar-refractivity contribution in [1.82, 2.24) is 0 Å². The fourth-order valence-corrected chi connectivity index (χ4v) is 3.95. The lowest BCUT2D eigenvalue weighted by atomic mass is 10.00. The lowest BCUT2D eigenvalue weighted by Gasteiger charge is -2.22. The first-order valence-corrected chi connectivity index (χ1v) is 11.0. The summed E-state index contributed by atoms with van der Waals surface area (Å²) in [7, 11) is 0. The van der Waals surface area contributed by atoms with Crippen molar-refractivity contribution in [3.63, 3.8) is 0 Å². The Balaban J connectivity index is 1.53. The maximum Gasteiger partial charge on any atom is 0.255 e. The van der Waals surface area contributed by atoms with E-state index in [0.29, 0.717) is 18.4 Å². The van der Waals surface area contributed by atoms with E-state index in [2.05, 4.69) is 10.1 Å². The molecule has 2 aliphatic heterocycles. The summed E-state index contributed by atoms with van der Waals surface area (Å²) in [4.78, 5) is 40.3. The highest BCUT2D eigenvalue weighted by Gasteiger charge is 2.29. The minimum absolute atomic E-state index is 0.0202. The van der Waals surface area contributed by atoms with Crippen molar-refractivity contribution in [2.24, 2.45) is 10.1 Å². The van der Waals surface area contributed by atoms with Crippen LogP contribution in [-0.2, 0) is 20.8 Å². The average Bonchev–Trinajstić information content (AvgIpc) is 2.82. The number of hydrazone groups is 1. The number of hydrogen-bond acceptors (Lipinski definition) is 7. The van der Waals surface area contributed by atoms with Crippen molar-refractivity contribution in [3.8, 4) is 11.8 Å². The highest BCUT2D eigenvalue weighted by Crippen LogP contribution is 2.38. The number of nitrogens with zero attached hydrogens (tertiary/aromatic N) is 4. The number of amides is 1. The zero-order chi connectivity index (χ0) is 25.1. The molecule has 4 rings (SSSR count). The summed E-state index contributed by atoms with van der Waals surface area (Å²) in [6.45, 7) is -0.111. The molecular weight excluding hydrogens is 498 g/mol. The van der Waals surface area contributed by atoms with Gasteiger partial charge in [0.05, 0.1) is 22.2 Å². The van der Waals surface area contributed by atoms with E-state index >= 15 is 0 Å². The number of carbonyl (C=O) groups is 3. The molecule has 0 aromatic heterocycles. The maximum atomic E-state index is 13.1. The Morgan fingerprint density at radius 2 is 1.74 bits per heavy atom. The number of halogens is 3. The molecule has 0 saturated heterocycles. The molecule has 1 amide bonds. The summed E-state index contributed by atoms with van der Waals surface area (Å²) in [6, 6.07) is 10.4. The topological polar surface area (TPSA) is 112 Å². The number of hydrogen-bond donors (Lipinski definition) is 0. The van der Waals surface area contributed by atoms with Crippen LogP contribution in [0.2, 0.25) is 10.0 Å². The van der Waals surface area contributed by atoms with Crippen LogP contribution in [0.4, 0.5) is 10.1 Å². The Kier molecular flexibility index (Phi) is 7.05. The highest BCUT2D eigenvalue weighted by molar-refractivity contribution is 6.50. The van der Waals surface area contributed by atoms with Gasteiger partial charge in [0.1, 0.15) is 18.4 Å². The van der Waals surface area contributed by atoms with Gasteiger partial charge in [-0.15, -0.1) is 0 Å². The SMILES string of the molecule is N#CC1=NN(c2cc(Cl)c(OC3=NCC(=O)C(CCc4ccc(F)cc4)=C3)c(Cl)c2)C(=O)CC1=O. The third-order valence-corrected chi connectivity index (χ3v) is 5.74. The zero-order valence-corrected chi connectivity index (χ0v) is 19.4. The fourth-order valence-electron chi connectivity index (χ4n) is 3.39. The monoisotopic (exact) mass is 512 g/mol. The fraction of sp³-hybridized carbons (Fsp3) is 0.167. The van der Waals surface area contributed by atoms with Gasteiger partial charge in [-0.3, -0.25) is 14.4 Å². The molecule has 0 unspecified atom stereocenters. The van der Waals surface area contributed by atoms with Gasteiger partial charge in [-0.25, -0.2) is 9.38 Å². The van der Waals surface area contributed by atoms with Crippen LogP contribution < -0.4 is 9.75 Å². The first kappa shape index (κ1) is 24.3. The summed E-state index contributed by atoms with van der Waals surface area (Å²) in [6.07, 6.45) is 1.93. The largest absolute Gasteiger partial charge is 0.436 e. The standard InChI is InChI=1S/C24H15Cl2FN4O4/c25-17-8-16(31-23(34)10-20(32)19(11-28)30-31)9-18(26)24(17)35-22-7-14(21(33)12-29-22)4-1-13-2-5-15(27)6-3-13/h2-3,5-9H,1,4,10,12H2. The van der Waals surface area contributed by atoms with E-state index in [1.54, 1.807) is 18.2 Å². The molecule has 0 N–H and O–H groups in total. The van der Waals surface area contributed by atoms with E-state index in [9.17, 15) is 18.8 Å². The normalized spacial score (nSPS) is 15.9. The Bertz CT molecular complexity index is 1350. The lowest BCUT2D eigenvalue weighted by molar-refractivity contribution is -0.124. The molecule has 176 valence electrons. The molecule has 0 saturated carbocycles. The summed E-state index contributed by atoms with van der Waals surface area (Å²) in [5, 5.41) is 13.7. The number of aliphatic imine (C=N–C) groups is 1. The summed E-state index contributed by atoms with van der Waals surface area (Å²) < 4.78 is 18.8. The minimum atomic E-state index is -0.669. The summed E-state index contributed by atoms with van der Waals surface area (Å²) in [5.41, 5.74) is 1.11. The maximum absolute atomic E-state index is 13.1. The number of rotatable bonds is 5. The molecule has 0 bridgehead atoms. The van der Waals surface area contributed by atoms with Crippen LogP contribution >= 0.6 is 23.2 Å². The average molecular weight is 513 g/mol. The van der Waals surface area contributed by atoms with Gasteiger partial charge in [-0.2, -0.15) is 15.4 Å². The van der Waals surface area contributed by atoms with Crippen molar-refractivity contribution in [1.29, 1.82) is 5.26 Å². The van der Waals surface area contributed by atoms with Crippen LogP contribution in [0.15, 0.2) is 58.1 Å². The van der Waals surface area contributed by atoms with Crippen LogP contribution in [0, 0.1) is 17.1 Å². The Morgan fingerprint density at radius 3 is 2.40 bits per heavy atom. The number of aryl methyl sites for hydroxylation is 1. The van der Waals surface area contributed by atoms with E-state index in [4.69, 9.17) is 33.2 Å². The number of nitriles is 1. The van der Waals surface area contributed by atoms with Gasteiger partial charge in [-0.05, 0) is 42.7 Å². The van der Waals surface area contributed by atoms with E-state index < -0.39 is 23.8 Å². The van der Waals surface area contributed by atoms with E-state index in [0.717, 1.165) is 10.6 Å². The molecule has 2 aliphatic rings. The summed E-state index contributed by atoms with van der Waals surface area (Å²) >= 11 is 12.7. The second kappa shape index (κ2) is 10.2. The van der Waals surface area contributed by atoms with Crippen LogP contribution in [0.1, 0.15) is 18.4 Å². The number of ether oxygens (including phenoxy) is 1. The molecule has 0 spiro atoms. The molecule has 0 radical (unpaired) electrons. The Hall–Kier alpha value is -3.87. The van der Waals surface area contributed by atoms with Crippen molar-refractivity contribution in [3.05, 3.63) is 69.5 Å². The third kappa shape index (κ3) is 5.45. The van der Waals surface area contributed by atoms with Crippen LogP contribution in [0.3, 0.4) is 0 Å². The highest BCUT2D eigenvalue weighted by atomic mass is 35.5. The quantitative estimate of drug-likeness (QED) is 0.556. The predicted octanol–water partition coefficient (Wildman–Crippen LogP) is 4.24. The molecule has 0 atom stereocenters. The third-order valence-electron chi connectivity index (χ3n) is 5.18. The number of dihydropyridines is 1. The second-order valence-corrected chi connectivity index (χ2v) is 8.39. The van der Waals surface area contributed by atoms with Gasteiger partial charge in [0.15, 0.2) is 11.5 Å². The number of Topliss-reactive ketones (excluding diaryl/α,β-unsaturated/α-hetero) is 2. The number of benzene rings is 2. The Labute approximate surface area is 208 Å².